The average molecular weight is 442 g/mol. The second-order valence-corrected chi connectivity index (χ2v) is 8.83. The fourth-order valence-corrected chi connectivity index (χ4v) is 5.20. The predicted molar refractivity (Wildman–Crippen MR) is 106 cm³/mol. The second kappa shape index (κ2) is 7.84. The summed E-state index contributed by atoms with van der Waals surface area (Å²) < 4.78 is 53.4. The van der Waals surface area contributed by atoms with Crippen LogP contribution in [0.5, 0.6) is 0 Å². The molecule has 0 bridgehead atoms. The predicted octanol–water partition coefficient (Wildman–Crippen LogP) is 3.67. The number of aromatic nitrogens is 3. The van der Waals surface area contributed by atoms with Crippen molar-refractivity contribution in [2.24, 2.45) is 11.1 Å². The summed E-state index contributed by atoms with van der Waals surface area (Å²) in [6.45, 7) is 1.31. The highest BCUT2D eigenvalue weighted by Gasteiger charge is 2.48. The third-order valence-electron chi connectivity index (χ3n) is 6.10. The van der Waals surface area contributed by atoms with Gasteiger partial charge in [-0.1, -0.05) is 11.8 Å². The summed E-state index contributed by atoms with van der Waals surface area (Å²) in [5, 5.41) is 0.184. The van der Waals surface area contributed by atoms with E-state index < -0.39 is 24.1 Å². The van der Waals surface area contributed by atoms with Crippen molar-refractivity contribution >= 4 is 23.4 Å². The van der Waals surface area contributed by atoms with E-state index in [1.807, 2.05) is 4.90 Å². The molecule has 1 saturated heterocycles. The highest BCUT2D eigenvalue weighted by atomic mass is 32.2. The lowest BCUT2D eigenvalue weighted by atomic mass is 9.74. The molecule has 1 saturated carbocycles. The van der Waals surface area contributed by atoms with E-state index in [2.05, 4.69) is 15.0 Å². The van der Waals surface area contributed by atoms with E-state index in [4.69, 9.17) is 11.5 Å². The standard InChI is InChI=1S/C19H22F4N6S/c20-11-3-4-18(14(11)24)5-8-29(9-6-18)13-10-27-17(16(25)28-13)30-12-2-1-7-26-15(12)19(21,22)23/h1-2,7,10-11,14H,3-6,8-9,24H2,(H2,25,28)/t11-,14+/m1/s1. The Labute approximate surface area is 175 Å². The van der Waals surface area contributed by atoms with Crippen LogP contribution in [0.1, 0.15) is 31.4 Å². The van der Waals surface area contributed by atoms with Gasteiger partial charge in [0.2, 0.25) is 0 Å². The van der Waals surface area contributed by atoms with E-state index in [0.29, 0.717) is 25.3 Å². The summed E-state index contributed by atoms with van der Waals surface area (Å²) in [5.74, 6) is 0.605. The maximum absolute atomic E-state index is 13.9. The van der Waals surface area contributed by atoms with Gasteiger partial charge < -0.3 is 16.4 Å². The van der Waals surface area contributed by atoms with Crippen LogP contribution >= 0.6 is 11.8 Å². The van der Waals surface area contributed by atoms with Crippen molar-refractivity contribution in [1.82, 2.24) is 15.0 Å². The average Bonchev–Trinajstić information content (AvgIpc) is 2.98. The SMILES string of the molecule is Nc1nc(N2CCC3(CC[C@@H](F)[C@@H]3N)CC2)cnc1Sc1cccnc1C(F)(F)F. The van der Waals surface area contributed by atoms with Gasteiger partial charge in [0.15, 0.2) is 11.5 Å². The maximum Gasteiger partial charge on any atom is 0.434 e. The molecule has 1 aliphatic carbocycles. The quantitative estimate of drug-likeness (QED) is 0.701. The zero-order valence-corrected chi connectivity index (χ0v) is 16.9. The number of anilines is 2. The van der Waals surface area contributed by atoms with Crippen molar-refractivity contribution in [3.05, 3.63) is 30.2 Å². The van der Waals surface area contributed by atoms with Crippen molar-refractivity contribution < 1.29 is 17.6 Å². The first-order valence-corrected chi connectivity index (χ1v) is 10.5. The minimum Gasteiger partial charge on any atom is -0.381 e. The van der Waals surface area contributed by atoms with Gasteiger partial charge >= 0.3 is 6.18 Å². The third kappa shape index (κ3) is 3.92. The van der Waals surface area contributed by atoms with Crippen molar-refractivity contribution in [3.8, 4) is 0 Å². The number of piperidine rings is 1. The number of nitrogens with two attached hydrogens (primary N) is 2. The van der Waals surface area contributed by atoms with Crippen molar-refractivity contribution in [2.45, 2.75) is 54.0 Å². The molecule has 2 aliphatic rings. The molecule has 162 valence electrons. The monoisotopic (exact) mass is 442 g/mol. The van der Waals surface area contributed by atoms with Crippen molar-refractivity contribution in [2.75, 3.05) is 23.7 Å². The molecule has 4 rings (SSSR count). The minimum absolute atomic E-state index is 0.0520. The Morgan fingerprint density at radius 1 is 1.17 bits per heavy atom. The Balaban J connectivity index is 1.48. The second-order valence-electron chi connectivity index (χ2n) is 7.80. The number of nitrogen functional groups attached to an aromatic ring is 1. The van der Waals surface area contributed by atoms with Gasteiger partial charge in [-0.25, -0.2) is 14.4 Å². The minimum atomic E-state index is -4.57. The maximum atomic E-state index is 13.9. The molecule has 1 spiro atoms. The van der Waals surface area contributed by atoms with E-state index >= 15 is 0 Å². The van der Waals surface area contributed by atoms with Gasteiger partial charge in [0.05, 0.1) is 6.20 Å². The zero-order valence-electron chi connectivity index (χ0n) is 16.1. The number of hydrogen-bond donors (Lipinski definition) is 2. The van der Waals surface area contributed by atoms with Gasteiger partial charge in [-0.3, -0.25) is 4.98 Å². The molecular formula is C19H22F4N6S. The summed E-state index contributed by atoms with van der Waals surface area (Å²) in [6.07, 6.45) is -0.100. The molecular weight excluding hydrogens is 420 g/mol. The molecule has 4 N–H and O–H groups in total. The van der Waals surface area contributed by atoms with Crippen LogP contribution < -0.4 is 16.4 Å². The van der Waals surface area contributed by atoms with Crippen LogP contribution in [-0.4, -0.2) is 40.3 Å². The summed E-state index contributed by atoms with van der Waals surface area (Å²) in [7, 11) is 0. The third-order valence-corrected chi connectivity index (χ3v) is 7.15. The molecule has 0 aromatic carbocycles. The van der Waals surface area contributed by atoms with Crippen LogP contribution in [0.25, 0.3) is 0 Å². The Kier molecular flexibility index (Phi) is 5.52. The van der Waals surface area contributed by atoms with Crippen molar-refractivity contribution in [1.29, 1.82) is 0 Å². The van der Waals surface area contributed by atoms with Gasteiger partial charge in [-0.2, -0.15) is 13.2 Å². The first-order chi connectivity index (χ1) is 14.2. The largest absolute Gasteiger partial charge is 0.434 e. The number of pyridine rings is 1. The van der Waals surface area contributed by atoms with Crippen LogP contribution in [0.4, 0.5) is 29.2 Å². The first kappa shape index (κ1) is 21.1. The van der Waals surface area contributed by atoms with E-state index in [1.54, 1.807) is 0 Å². The highest BCUT2D eigenvalue weighted by Crippen LogP contribution is 2.47. The number of hydrogen-bond acceptors (Lipinski definition) is 7. The Morgan fingerprint density at radius 3 is 2.50 bits per heavy atom. The molecule has 2 aromatic rings. The summed E-state index contributed by atoms with van der Waals surface area (Å²) in [4.78, 5) is 13.9. The van der Waals surface area contributed by atoms with E-state index in [9.17, 15) is 17.6 Å². The lowest BCUT2D eigenvalue weighted by Crippen LogP contribution is -2.49. The molecule has 1 aliphatic heterocycles. The Hall–Kier alpha value is -2.14. The van der Waals surface area contributed by atoms with E-state index in [0.717, 1.165) is 37.2 Å². The topological polar surface area (TPSA) is 94.0 Å². The molecule has 6 nitrogen and oxygen atoms in total. The molecule has 3 heterocycles. The fourth-order valence-electron chi connectivity index (χ4n) is 4.32. The summed E-state index contributed by atoms with van der Waals surface area (Å²) in [5.41, 5.74) is 10.9. The zero-order chi connectivity index (χ0) is 21.5. The lowest BCUT2D eigenvalue weighted by Gasteiger charge is -2.42. The van der Waals surface area contributed by atoms with Gasteiger partial charge in [0.1, 0.15) is 17.0 Å². The smallest absolute Gasteiger partial charge is 0.381 e. The molecule has 11 heteroatoms. The molecule has 2 fully saturated rings. The van der Waals surface area contributed by atoms with Crippen molar-refractivity contribution in [3.63, 3.8) is 0 Å². The van der Waals surface area contributed by atoms with Crippen LogP contribution in [0, 0.1) is 5.41 Å². The number of nitrogens with zero attached hydrogens (tertiary/aromatic N) is 4. The summed E-state index contributed by atoms with van der Waals surface area (Å²) in [6, 6.07) is 2.31. The number of alkyl halides is 4. The van der Waals surface area contributed by atoms with Crippen LogP contribution in [0.3, 0.4) is 0 Å². The highest BCUT2D eigenvalue weighted by molar-refractivity contribution is 7.99. The van der Waals surface area contributed by atoms with Crippen LogP contribution in [0.2, 0.25) is 0 Å². The lowest BCUT2D eigenvalue weighted by molar-refractivity contribution is -0.143. The van der Waals surface area contributed by atoms with Crippen LogP contribution in [0.15, 0.2) is 34.4 Å². The molecule has 2 aromatic heterocycles. The normalized spacial score (nSPS) is 23.8. The molecule has 30 heavy (non-hydrogen) atoms. The summed E-state index contributed by atoms with van der Waals surface area (Å²) >= 11 is 0.781. The van der Waals surface area contributed by atoms with Crippen LogP contribution in [-0.2, 0) is 6.18 Å². The molecule has 0 unspecified atom stereocenters. The van der Waals surface area contributed by atoms with Gasteiger partial charge in [-0.15, -0.1) is 0 Å². The number of rotatable bonds is 3. The van der Waals surface area contributed by atoms with Gasteiger partial charge in [0.25, 0.3) is 0 Å². The Bertz CT molecular complexity index is 916. The van der Waals surface area contributed by atoms with Gasteiger partial charge in [-0.05, 0) is 43.2 Å². The molecule has 0 radical (unpaired) electrons. The first-order valence-electron chi connectivity index (χ1n) is 9.67. The number of halogens is 4. The molecule has 2 atom stereocenters. The van der Waals surface area contributed by atoms with E-state index in [1.165, 1.54) is 18.3 Å². The van der Waals surface area contributed by atoms with E-state index in [-0.39, 0.29) is 21.2 Å². The fraction of sp³-hybridized carbons (Fsp3) is 0.526. The Morgan fingerprint density at radius 2 is 1.90 bits per heavy atom. The van der Waals surface area contributed by atoms with Gasteiger partial charge in [0, 0.05) is 30.2 Å². The molecule has 0 amide bonds.